The van der Waals surface area contributed by atoms with E-state index in [1.165, 1.54) is 30.6 Å². The number of hydrogen-bond donors (Lipinski definition) is 2. The summed E-state index contributed by atoms with van der Waals surface area (Å²) < 4.78 is 0. The minimum atomic E-state index is -0.0200. The van der Waals surface area contributed by atoms with Crippen LogP contribution in [0.5, 0.6) is 0 Å². The molecule has 5 heteroatoms. The molecule has 1 atom stereocenters. The van der Waals surface area contributed by atoms with E-state index >= 15 is 0 Å². The molecule has 0 aliphatic heterocycles. The van der Waals surface area contributed by atoms with Crippen molar-refractivity contribution in [3.63, 3.8) is 0 Å². The van der Waals surface area contributed by atoms with E-state index in [9.17, 15) is 9.90 Å². The Morgan fingerprint density at radius 2 is 2.25 bits per heavy atom. The Morgan fingerprint density at radius 3 is 2.90 bits per heavy atom. The summed E-state index contributed by atoms with van der Waals surface area (Å²) in [4.78, 5) is 17.3. The smallest absolute Gasteiger partial charge is 0.263 e. The number of aliphatic hydroxyl groups excluding tert-OH is 1. The van der Waals surface area contributed by atoms with Gasteiger partial charge in [0.05, 0.1) is 11.2 Å². The maximum absolute atomic E-state index is 12.4. The quantitative estimate of drug-likeness (QED) is 0.848. The molecule has 0 saturated heterocycles. The van der Waals surface area contributed by atoms with Crippen LogP contribution in [-0.4, -0.2) is 28.6 Å². The van der Waals surface area contributed by atoms with Crippen LogP contribution in [0.2, 0.25) is 0 Å². The average molecular weight is 296 g/mol. The monoisotopic (exact) mass is 296 g/mol. The van der Waals surface area contributed by atoms with Crippen LogP contribution in [0, 0.1) is 5.92 Å². The van der Waals surface area contributed by atoms with Crippen LogP contribution in [0.3, 0.4) is 0 Å². The molecule has 1 aromatic rings. The van der Waals surface area contributed by atoms with Gasteiger partial charge in [-0.3, -0.25) is 4.79 Å². The zero-order valence-corrected chi connectivity index (χ0v) is 12.9. The van der Waals surface area contributed by atoms with E-state index in [1.807, 2.05) is 6.92 Å². The van der Waals surface area contributed by atoms with E-state index < -0.39 is 0 Å². The molecule has 0 spiro atoms. The van der Waals surface area contributed by atoms with Gasteiger partial charge in [-0.2, -0.15) is 0 Å². The molecule has 1 unspecified atom stereocenters. The van der Waals surface area contributed by atoms with Crippen LogP contribution < -0.4 is 5.32 Å². The molecule has 1 aliphatic carbocycles. The predicted molar refractivity (Wildman–Crippen MR) is 81.0 cm³/mol. The first-order chi connectivity index (χ1) is 9.76. The largest absolute Gasteiger partial charge is 0.396 e. The van der Waals surface area contributed by atoms with Crippen molar-refractivity contribution < 1.29 is 9.90 Å². The second-order valence-electron chi connectivity index (χ2n) is 5.47. The Labute approximate surface area is 124 Å². The van der Waals surface area contributed by atoms with Crippen molar-refractivity contribution in [1.29, 1.82) is 0 Å². The number of hydrogen-bond acceptors (Lipinski definition) is 4. The van der Waals surface area contributed by atoms with Gasteiger partial charge >= 0.3 is 0 Å². The minimum absolute atomic E-state index is 0.0200. The Kier molecular flexibility index (Phi) is 5.98. The van der Waals surface area contributed by atoms with E-state index in [2.05, 4.69) is 10.3 Å². The van der Waals surface area contributed by atoms with Gasteiger partial charge in [0.25, 0.3) is 5.91 Å². The van der Waals surface area contributed by atoms with Crippen molar-refractivity contribution >= 4 is 17.2 Å². The summed E-state index contributed by atoms with van der Waals surface area (Å²) in [6, 6.07) is 0.0969. The van der Waals surface area contributed by atoms with Crippen molar-refractivity contribution in [2.45, 2.75) is 57.9 Å². The molecular formula is C15H24N2O2S. The van der Waals surface area contributed by atoms with Crippen molar-refractivity contribution in [2.24, 2.45) is 5.92 Å². The fraction of sp³-hybridized carbons (Fsp3) is 0.733. The predicted octanol–water partition coefficient (Wildman–Crippen LogP) is 2.77. The zero-order chi connectivity index (χ0) is 14.4. The molecule has 1 amide bonds. The summed E-state index contributed by atoms with van der Waals surface area (Å²) in [6.07, 6.45) is 7.52. The highest BCUT2D eigenvalue weighted by Crippen LogP contribution is 2.28. The van der Waals surface area contributed by atoms with Gasteiger partial charge in [0, 0.05) is 12.6 Å². The number of aromatic nitrogens is 1. The Morgan fingerprint density at radius 1 is 1.50 bits per heavy atom. The molecule has 1 saturated carbocycles. The lowest BCUT2D eigenvalue weighted by atomic mass is 9.82. The molecule has 0 radical (unpaired) electrons. The van der Waals surface area contributed by atoms with Crippen LogP contribution in [0.15, 0.2) is 5.51 Å². The number of rotatable bonds is 6. The minimum Gasteiger partial charge on any atom is -0.396 e. The maximum atomic E-state index is 12.4. The van der Waals surface area contributed by atoms with Crippen LogP contribution >= 0.6 is 11.3 Å². The fourth-order valence-electron chi connectivity index (χ4n) is 3.04. The number of nitrogens with one attached hydrogen (secondary N) is 1. The second-order valence-corrected chi connectivity index (χ2v) is 6.33. The summed E-state index contributed by atoms with van der Waals surface area (Å²) >= 11 is 1.40. The molecule has 112 valence electrons. The zero-order valence-electron chi connectivity index (χ0n) is 12.1. The molecule has 4 nitrogen and oxygen atoms in total. The van der Waals surface area contributed by atoms with E-state index in [0.29, 0.717) is 12.3 Å². The third-order valence-corrected chi connectivity index (χ3v) is 5.03. The van der Waals surface area contributed by atoms with Gasteiger partial charge in [0.2, 0.25) is 0 Å². The van der Waals surface area contributed by atoms with Gasteiger partial charge in [-0.25, -0.2) is 4.98 Å². The third kappa shape index (κ3) is 3.79. The summed E-state index contributed by atoms with van der Waals surface area (Å²) in [5.41, 5.74) is 2.61. The van der Waals surface area contributed by atoms with E-state index in [-0.39, 0.29) is 18.6 Å². The first-order valence-electron chi connectivity index (χ1n) is 7.60. The third-order valence-electron chi connectivity index (χ3n) is 4.16. The second kappa shape index (κ2) is 7.74. The molecule has 0 aromatic carbocycles. The van der Waals surface area contributed by atoms with Gasteiger partial charge in [0.15, 0.2) is 0 Å². The van der Waals surface area contributed by atoms with Gasteiger partial charge in [-0.15, -0.1) is 11.3 Å². The molecule has 0 bridgehead atoms. The van der Waals surface area contributed by atoms with E-state index in [1.54, 1.807) is 5.51 Å². The van der Waals surface area contributed by atoms with Gasteiger partial charge in [-0.05, 0) is 31.6 Å². The Balaban J connectivity index is 2.01. The summed E-state index contributed by atoms with van der Waals surface area (Å²) in [5, 5.41) is 12.4. The van der Waals surface area contributed by atoms with Crippen LogP contribution in [0.25, 0.3) is 0 Å². The average Bonchev–Trinajstić information content (AvgIpc) is 2.96. The molecule has 1 fully saturated rings. The molecule has 2 N–H and O–H groups in total. The molecule has 20 heavy (non-hydrogen) atoms. The molecule has 1 heterocycles. The first kappa shape index (κ1) is 15.4. The Hall–Kier alpha value is -0.940. The van der Waals surface area contributed by atoms with E-state index in [0.717, 1.165) is 29.8 Å². The SMILES string of the molecule is CCc1ncsc1C(=O)NC(CCO)C1CCCCC1. The normalized spacial score (nSPS) is 17.9. The summed E-state index contributed by atoms with van der Waals surface area (Å²) in [5.74, 6) is 0.492. The maximum Gasteiger partial charge on any atom is 0.263 e. The number of aliphatic hydroxyl groups is 1. The fourth-order valence-corrected chi connectivity index (χ4v) is 3.83. The molecule has 1 aliphatic rings. The number of thiazole rings is 1. The number of amides is 1. The van der Waals surface area contributed by atoms with Crippen LogP contribution in [-0.2, 0) is 6.42 Å². The van der Waals surface area contributed by atoms with Crippen molar-refractivity contribution in [1.82, 2.24) is 10.3 Å². The van der Waals surface area contributed by atoms with Gasteiger partial charge in [0.1, 0.15) is 4.88 Å². The summed E-state index contributed by atoms with van der Waals surface area (Å²) in [6.45, 7) is 2.14. The van der Waals surface area contributed by atoms with Gasteiger partial charge in [-0.1, -0.05) is 26.2 Å². The highest BCUT2D eigenvalue weighted by molar-refractivity contribution is 7.11. The van der Waals surface area contributed by atoms with Crippen LogP contribution in [0.4, 0.5) is 0 Å². The summed E-state index contributed by atoms with van der Waals surface area (Å²) in [7, 11) is 0. The van der Waals surface area contributed by atoms with Gasteiger partial charge < -0.3 is 10.4 Å². The lowest BCUT2D eigenvalue weighted by Gasteiger charge is -2.30. The molecule has 1 aromatic heterocycles. The highest BCUT2D eigenvalue weighted by Gasteiger charge is 2.26. The number of carbonyl (C=O) groups is 1. The number of aryl methyl sites for hydroxylation is 1. The van der Waals surface area contributed by atoms with Crippen molar-refractivity contribution in [2.75, 3.05) is 6.61 Å². The Bertz CT molecular complexity index is 427. The number of carbonyl (C=O) groups excluding carboxylic acids is 1. The molecular weight excluding hydrogens is 272 g/mol. The standard InChI is InChI=1S/C15H24N2O2S/c1-2-12-14(20-10-16-12)15(19)17-13(8-9-18)11-6-4-3-5-7-11/h10-11,13,18H,2-9H2,1H3,(H,17,19). The first-order valence-corrected chi connectivity index (χ1v) is 8.48. The van der Waals surface area contributed by atoms with Crippen LogP contribution in [0.1, 0.15) is 60.8 Å². The topological polar surface area (TPSA) is 62.2 Å². The van der Waals surface area contributed by atoms with Crippen molar-refractivity contribution in [3.05, 3.63) is 16.1 Å². The highest BCUT2D eigenvalue weighted by atomic mass is 32.1. The lowest BCUT2D eigenvalue weighted by Crippen LogP contribution is -2.41. The number of nitrogens with zero attached hydrogens (tertiary/aromatic N) is 1. The van der Waals surface area contributed by atoms with Crippen molar-refractivity contribution in [3.8, 4) is 0 Å². The van der Waals surface area contributed by atoms with E-state index in [4.69, 9.17) is 0 Å². The lowest BCUT2D eigenvalue weighted by molar-refractivity contribution is 0.0902. The molecule has 2 rings (SSSR count).